The first kappa shape index (κ1) is 19.5. The van der Waals surface area contributed by atoms with E-state index in [1.807, 2.05) is 17.0 Å². The second-order valence-electron chi connectivity index (χ2n) is 7.90. The fraction of sp³-hybridized carbons (Fsp3) is 0.500. The van der Waals surface area contributed by atoms with E-state index in [0.29, 0.717) is 11.6 Å². The molecule has 4 rings (SSSR count). The Hall–Kier alpha value is -2.83. The maximum atomic E-state index is 12.7. The molecule has 2 aliphatic heterocycles. The van der Waals surface area contributed by atoms with Crippen LogP contribution in [0.3, 0.4) is 0 Å². The van der Waals surface area contributed by atoms with Crippen LogP contribution in [-0.4, -0.2) is 54.9 Å². The Morgan fingerprint density at radius 3 is 2.31 bits per heavy atom. The largest absolute Gasteiger partial charge is 0.493 e. The zero-order valence-electron chi connectivity index (χ0n) is 17.4. The van der Waals surface area contributed by atoms with Gasteiger partial charge in [-0.15, -0.1) is 10.2 Å². The van der Waals surface area contributed by atoms with Gasteiger partial charge in [-0.05, 0) is 60.6 Å². The first-order chi connectivity index (χ1) is 14.1. The third-order valence-corrected chi connectivity index (χ3v) is 5.98. The number of methoxy groups -OCH3 is 2. The third-order valence-electron chi connectivity index (χ3n) is 5.98. The first-order valence-electron chi connectivity index (χ1n) is 10.2. The molecule has 1 aromatic carbocycles. The number of carbonyl (C=O) groups is 1. The molecule has 0 aliphatic carbocycles. The Morgan fingerprint density at radius 2 is 1.69 bits per heavy atom. The number of hydrogen-bond acceptors (Lipinski definition) is 6. The summed E-state index contributed by atoms with van der Waals surface area (Å²) in [5.41, 5.74) is 2.88. The summed E-state index contributed by atoms with van der Waals surface area (Å²) in [6, 6.07) is 7.78. The number of aromatic nitrogens is 2. The second kappa shape index (κ2) is 8.27. The van der Waals surface area contributed by atoms with Gasteiger partial charge in [0.25, 0.3) is 5.91 Å². The Morgan fingerprint density at radius 1 is 1.00 bits per heavy atom. The van der Waals surface area contributed by atoms with Crippen LogP contribution in [0.4, 0.5) is 5.82 Å². The van der Waals surface area contributed by atoms with E-state index in [1.54, 1.807) is 20.3 Å². The highest BCUT2D eigenvalue weighted by atomic mass is 16.5. The van der Waals surface area contributed by atoms with Crippen LogP contribution in [0, 0.1) is 5.92 Å². The summed E-state index contributed by atoms with van der Waals surface area (Å²) < 4.78 is 10.8. The molecule has 29 heavy (non-hydrogen) atoms. The summed E-state index contributed by atoms with van der Waals surface area (Å²) >= 11 is 0. The second-order valence-corrected chi connectivity index (χ2v) is 7.90. The fourth-order valence-electron chi connectivity index (χ4n) is 4.06. The van der Waals surface area contributed by atoms with Crippen molar-refractivity contribution in [2.24, 2.45) is 5.92 Å². The number of ether oxygens (including phenoxy) is 2. The van der Waals surface area contributed by atoms with Gasteiger partial charge in [0.1, 0.15) is 0 Å². The zero-order valence-corrected chi connectivity index (χ0v) is 17.4. The van der Waals surface area contributed by atoms with Crippen molar-refractivity contribution in [3.05, 3.63) is 41.1 Å². The zero-order chi connectivity index (χ0) is 20.4. The number of rotatable bonds is 4. The first-order valence-corrected chi connectivity index (χ1v) is 10.2. The summed E-state index contributed by atoms with van der Waals surface area (Å²) in [5, 5.41) is 8.59. The van der Waals surface area contributed by atoms with E-state index in [9.17, 15) is 4.79 Å². The van der Waals surface area contributed by atoms with E-state index >= 15 is 0 Å². The highest BCUT2D eigenvalue weighted by molar-refractivity contribution is 5.92. The molecule has 2 aliphatic rings. The Kier molecular flexibility index (Phi) is 5.56. The van der Waals surface area contributed by atoms with Crippen molar-refractivity contribution >= 4 is 11.7 Å². The van der Waals surface area contributed by atoms with E-state index in [0.717, 1.165) is 62.8 Å². The lowest BCUT2D eigenvalue weighted by Crippen LogP contribution is -2.38. The number of piperidine rings is 1. The average Bonchev–Trinajstić information content (AvgIpc) is 2.78. The molecule has 1 amide bonds. The van der Waals surface area contributed by atoms with E-state index in [4.69, 9.17) is 9.47 Å². The SMILES string of the molecule is COc1cc2c(cc1OC)CN(c1ccc(C(=O)N3CCC(C)CC3)nn1)CC2. The normalized spacial score (nSPS) is 17.1. The molecular formula is C22H28N4O3. The summed E-state index contributed by atoms with van der Waals surface area (Å²) in [6.45, 7) is 5.41. The van der Waals surface area contributed by atoms with Crippen LogP contribution in [-0.2, 0) is 13.0 Å². The van der Waals surface area contributed by atoms with Crippen molar-refractivity contribution in [2.75, 3.05) is 38.8 Å². The molecule has 0 bridgehead atoms. The van der Waals surface area contributed by atoms with Crippen molar-refractivity contribution in [3.63, 3.8) is 0 Å². The fourth-order valence-corrected chi connectivity index (χ4v) is 4.06. The minimum Gasteiger partial charge on any atom is -0.493 e. The van der Waals surface area contributed by atoms with E-state index in [1.165, 1.54) is 11.1 Å². The van der Waals surface area contributed by atoms with Crippen LogP contribution in [0.5, 0.6) is 11.5 Å². The predicted octanol–water partition coefficient (Wildman–Crippen LogP) is 2.93. The predicted molar refractivity (Wildman–Crippen MR) is 111 cm³/mol. The van der Waals surface area contributed by atoms with Gasteiger partial charge >= 0.3 is 0 Å². The Bertz CT molecular complexity index is 876. The minimum atomic E-state index is -0.0169. The van der Waals surface area contributed by atoms with Crippen molar-refractivity contribution < 1.29 is 14.3 Å². The molecule has 0 unspecified atom stereocenters. The number of nitrogens with zero attached hydrogens (tertiary/aromatic N) is 4. The van der Waals surface area contributed by atoms with Crippen molar-refractivity contribution in [3.8, 4) is 11.5 Å². The van der Waals surface area contributed by atoms with Crippen LogP contribution >= 0.6 is 0 Å². The highest BCUT2D eigenvalue weighted by Crippen LogP contribution is 2.34. The summed E-state index contributed by atoms with van der Waals surface area (Å²) in [6.07, 6.45) is 3.00. The van der Waals surface area contributed by atoms with Gasteiger partial charge in [-0.25, -0.2) is 0 Å². The van der Waals surface area contributed by atoms with E-state index in [-0.39, 0.29) is 5.91 Å². The molecule has 154 valence electrons. The average molecular weight is 396 g/mol. The van der Waals surface area contributed by atoms with Gasteiger partial charge in [-0.1, -0.05) is 6.92 Å². The van der Waals surface area contributed by atoms with Crippen LogP contribution in [0.25, 0.3) is 0 Å². The van der Waals surface area contributed by atoms with Crippen LogP contribution in [0.1, 0.15) is 41.4 Å². The molecule has 3 heterocycles. The van der Waals surface area contributed by atoms with Crippen molar-refractivity contribution in [1.82, 2.24) is 15.1 Å². The standard InChI is InChI=1S/C22H28N4O3/c1-15-6-9-25(10-7-15)22(27)18-4-5-21(24-23-18)26-11-8-16-12-19(28-2)20(29-3)13-17(16)14-26/h4-5,12-13,15H,6-11,14H2,1-3H3. The maximum Gasteiger partial charge on any atom is 0.274 e. The molecule has 7 nitrogen and oxygen atoms in total. The molecule has 0 spiro atoms. The molecule has 2 aromatic rings. The topological polar surface area (TPSA) is 67.8 Å². The van der Waals surface area contributed by atoms with Gasteiger partial charge in [0.15, 0.2) is 23.0 Å². The van der Waals surface area contributed by atoms with Crippen molar-refractivity contribution in [2.45, 2.75) is 32.7 Å². The number of amides is 1. The quantitative estimate of drug-likeness (QED) is 0.792. The minimum absolute atomic E-state index is 0.0169. The van der Waals surface area contributed by atoms with E-state index < -0.39 is 0 Å². The summed E-state index contributed by atoms with van der Waals surface area (Å²) in [5.74, 6) is 2.95. The molecule has 7 heteroatoms. The molecule has 0 radical (unpaired) electrons. The lowest BCUT2D eigenvalue weighted by molar-refractivity contribution is 0.0690. The number of anilines is 1. The highest BCUT2D eigenvalue weighted by Gasteiger charge is 2.24. The van der Waals surface area contributed by atoms with Crippen LogP contribution in [0.2, 0.25) is 0 Å². The van der Waals surface area contributed by atoms with Gasteiger partial charge in [0.05, 0.1) is 14.2 Å². The van der Waals surface area contributed by atoms with E-state index in [2.05, 4.69) is 28.1 Å². The van der Waals surface area contributed by atoms with Gasteiger partial charge in [-0.2, -0.15) is 0 Å². The third kappa shape index (κ3) is 3.99. The van der Waals surface area contributed by atoms with Gasteiger partial charge < -0.3 is 19.3 Å². The maximum absolute atomic E-state index is 12.7. The lowest BCUT2D eigenvalue weighted by Gasteiger charge is -2.31. The number of fused-ring (bicyclic) bond motifs is 1. The van der Waals surface area contributed by atoms with Gasteiger partial charge in [-0.3, -0.25) is 4.79 Å². The number of benzene rings is 1. The summed E-state index contributed by atoms with van der Waals surface area (Å²) in [7, 11) is 3.30. The van der Waals surface area contributed by atoms with Crippen LogP contribution in [0.15, 0.2) is 24.3 Å². The molecular weight excluding hydrogens is 368 g/mol. The van der Waals surface area contributed by atoms with Gasteiger partial charge in [0, 0.05) is 26.2 Å². The number of hydrogen-bond donors (Lipinski definition) is 0. The monoisotopic (exact) mass is 396 g/mol. The molecule has 0 N–H and O–H groups in total. The smallest absolute Gasteiger partial charge is 0.274 e. The number of carbonyl (C=O) groups excluding carboxylic acids is 1. The molecule has 1 saturated heterocycles. The Labute approximate surface area is 171 Å². The molecule has 0 atom stereocenters. The summed E-state index contributed by atoms with van der Waals surface area (Å²) in [4.78, 5) is 16.7. The van der Waals surface area contributed by atoms with Crippen molar-refractivity contribution in [1.29, 1.82) is 0 Å². The lowest BCUT2D eigenvalue weighted by atomic mass is 9.98. The molecule has 1 fully saturated rings. The Balaban J connectivity index is 1.47. The van der Waals surface area contributed by atoms with Crippen LogP contribution < -0.4 is 14.4 Å². The molecule has 1 aromatic heterocycles. The van der Waals surface area contributed by atoms with Gasteiger partial charge in [0.2, 0.25) is 0 Å². The number of likely N-dealkylation sites (tertiary alicyclic amines) is 1. The molecule has 0 saturated carbocycles.